The molecule has 1 aromatic heterocycles. The summed E-state index contributed by atoms with van der Waals surface area (Å²) >= 11 is 0. The molecule has 1 fully saturated rings. The molecule has 0 saturated carbocycles. The van der Waals surface area contributed by atoms with Crippen LogP contribution in [0.2, 0.25) is 0 Å². The minimum atomic E-state index is -0.204. The Morgan fingerprint density at radius 2 is 1.88 bits per heavy atom. The fraction of sp³-hybridized carbons (Fsp3) is 0.400. The molecule has 0 aliphatic carbocycles. The molecule has 0 bridgehead atoms. The molecule has 3 aromatic rings. The molecule has 2 aromatic carbocycles. The van der Waals surface area contributed by atoms with E-state index >= 15 is 0 Å². The van der Waals surface area contributed by atoms with Crippen molar-refractivity contribution in [3.8, 4) is 0 Å². The summed E-state index contributed by atoms with van der Waals surface area (Å²) < 4.78 is 15.6. The van der Waals surface area contributed by atoms with Crippen molar-refractivity contribution >= 4 is 5.91 Å². The molecule has 1 saturated heterocycles. The first-order chi connectivity index (χ1) is 15.6. The Hall–Kier alpha value is -3.06. The molecule has 1 amide bonds. The van der Waals surface area contributed by atoms with Crippen LogP contribution in [0.25, 0.3) is 0 Å². The number of hydrogen-bond donors (Lipinski definition) is 0. The van der Waals surface area contributed by atoms with Crippen molar-refractivity contribution in [2.24, 2.45) is 0 Å². The predicted molar refractivity (Wildman–Crippen MR) is 120 cm³/mol. The number of carbonyl (C=O) groups excluding carboxylic acids is 1. The van der Waals surface area contributed by atoms with Gasteiger partial charge in [-0.1, -0.05) is 24.3 Å². The molecule has 7 heteroatoms. The third-order valence-electron chi connectivity index (χ3n) is 6.69. The van der Waals surface area contributed by atoms with Crippen LogP contribution in [0.5, 0.6) is 0 Å². The summed E-state index contributed by atoms with van der Waals surface area (Å²) in [7, 11) is 0. The Balaban J connectivity index is 1.22. The average molecular weight is 434 g/mol. The van der Waals surface area contributed by atoms with Gasteiger partial charge in [0.15, 0.2) is 0 Å². The Kier molecular flexibility index (Phi) is 5.74. The molecule has 32 heavy (non-hydrogen) atoms. The second-order valence-corrected chi connectivity index (χ2v) is 8.83. The molecule has 5 rings (SSSR count). The lowest BCUT2D eigenvalue weighted by Gasteiger charge is -2.35. The number of halogens is 1. The molecule has 1 unspecified atom stereocenters. The van der Waals surface area contributed by atoms with E-state index < -0.39 is 0 Å². The minimum absolute atomic E-state index is 0.0919. The van der Waals surface area contributed by atoms with Gasteiger partial charge in [-0.3, -0.25) is 9.69 Å². The lowest BCUT2D eigenvalue weighted by molar-refractivity contribution is 0.0628. The van der Waals surface area contributed by atoms with Crippen molar-refractivity contribution in [2.45, 2.75) is 38.8 Å². The molecule has 166 valence electrons. The summed E-state index contributed by atoms with van der Waals surface area (Å²) in [5, 5.41) is 8.46. The number of aromatic nitrogens is 3. The quantitative estimate of drug-likeness (QED) is 0.633. The number of amides is 1. The van der Waals surface area contributed by atoms with E-state index in [4.69, 9.17) is 0 Å². The molecule has 0 spiro atoms. The Morgan fingerprint density at radius 1 is 1.06 bits per heavy atom. The standard InChI is InChI=1S/C25H28FN5O/c1-18-27-28-24-9-8-22(17-31(18)24)20-5-3-6-21(15-20)25(32)30-12-10-29(11-13-30)16-19-4-2-7-23(26)14-19/h2-7,14-15,22H,8-13,16-17H2,1H3. The molecule has 0 N–H and O–H groups in total. The zero-order valence-electron chi connectivity index (χ0n) is 18.4. The maximum absolute atomic E-state index is 13.4. The van der Waals surface area contributed by atoms with Crippen molar-refractivity contribution in [1.82, 2.24) is 24.6 Å². The predicted octanol–water partition coefficient (Wildman–Crippen LogP) is 3.41. The number of nitrogens with zero attached hydrogens (tertiary/aromatic N) is 5. The topological polar surface area (TPSA) is 54.3 Å². The molecule has 6 nitrogen and oxygen atoms in total. The van der Waals surface area contributed by atoms with E-state index in [1.807, 2.05) is 30.0 Å². The maximum Gasteiger partial charge on any atom is 0.253 e. The van der Waals surface area contributed by atoms with Gasteiger partial charge in [0.05, 0.1) is 0 Å². The van der Waals surface area contributed by atoms with E-state index in [0.717, 1.165) is 55.3 Å². The Bertz CT molecular complexity index is 1120. The monoisotopic (exact) mass is 433 g/mol. The zero-order chi connectivity index (χ0) is 22.1. The zero-order valence-corrected chi connectivity index (χ0v) is 18.4. The van der Waals surface area contributed by atoms with Crippen molar-refractivity contribution in [1.29, 1.82) is 0 Å². The van der Waals surface area contributed by atoms with E-state index in [0.29, 0.717) is 25.6 Å². The van der Waals surface area contributed by atoms with Gasteiger partial charge in [0.1, 0.15) is 17.5 Å². The van der Waals surface area contributed by atoms with Crippen LogP contribution in [0.3, 0.4) is 0 Å². The number of piperazine rings is 1. The summed E-state index contributed by atoms with van der Waals surface area (Å²) in [4.78, 5) is 17.4. The van der Waals surface area contributed by atoms with Crippen LogP contribution >= 0.6 is 0 Å². The number of benzene rings is 2. The van der Waals surface area contributed by atoms with E-state index in [9.17, 15) is 9.18 Å². The summed E-state index contributed by atoms with van der Waals surface area (Å²) in [5.74, 6) is 2.27. The highest BCUT2D eigenvalue weighted by molar-refractivity contribution is 5.94. The van der Waals surface area contributed by atoms with E-state index in [1.165, 1.54) is 11.6 Å². The van der Waals surface area contributed by atoms with Gasteiger partial charge in [-0.05, 0) is 48.7 Å². The molecule has 0 radical (unpaired) electrons. The number of hydrogen-bond acceptors (Lipinski definition) is 4. The van der Waals surface area contributed by atoms with Crippen LogP contribution in [-0.4, -0.2) is 56.7 Å². The third kappa shape index (κ3) is 4.30. The molecular weight excluding hydrogens is 405 g/mol. The summed E-state index contributed by atoms with van der Waals surface area (Å²) in [6.07, 6.45) is 1.94. The van der Waals surface area contributed by atoms with Gasteiger partial charge in [-0.15, -0.1) is 10.2 Å². The molecule has 2 aliphatic rings. The van der Waals surface area contributed by atoms with Crippen LogP contribution in [0.1, 0.15) is 45.5 Å². The lowest BCUT2D eigenvalue weighted by Crippen LogP contribution is -2.48. The largest absolute Gasteiger partial charge is 0.336 e. The smallest absolute Gasteiger partial charge is 0.253 e. The van der Waals surface area contributed by atoms with Gasteiger partial charge in [-0.2, -0.15) is 0 Å². The van der Waals surface area contributed by atoms with E-state index in [-0.39, 0.29) is 11.7 Å². The van der Waals surface area contributed by atoms with Crippen LogP contribution in [0, 0.1) is 12.7 Å². The Labute approximate surface area is 187 Å². The van der Waals surface area contributed by atoms with Crippen molar-refractivity contribution in [3.63, 3.8) is 0 Å². The molecule has 1 atom stereocenters. The fourth-order valence-corrected chi connectivity index (χ4v) is 4.85. The number of carbonyl (C=O) groups is 1. The number of aryl methyl sites for hydroxylation is 2. The highest BCUT2D eigenvalue weighted by Gasteiger charge is 2.25. The van der Waals surface area contributed by atoms with Gasteiger partial charge in [-0.25, -0.2) is 4.39 Å². The first kappa shape index (κ1) is 20.8. The van der Waals surface area contributed by atoms with Gasteiger partial charge in [0.2, 0.25) is 0 Å². The second-order valence-electron chi connectivity index (χ2n) is 8.83. The SMILES string of the molecule is Cc1nnc2n1CC(c1cccc(C(=O)N3CCN(Cc4cccc(F)c4)CC3)c1)CC2. The van der Waals surface area contributed by atoms with E-state index in [1.54, 1.807) is 12.1 Å². The fourth-order valence-electron chi connectivity index (χ4n) is 4.85. The summed E-state index contributed by atoms with van der Waals surface area (Å²) in [5.41, 5.74) is 2.93. The third-order valence-corrected chi connectivity index (χ3v) is 6.69. The number of rotatable bonds is 4. The number of fused-ring (bicyclic) bond motifs is 1. The second kappa shape index (κ2) is 8.82. The van der Waals surface area contributed by atoms with Gasteiger partial charge < -0.3 is 9.47 Å². The highest BCUT2D eigenvalue weighted by Crippen LogP contribution is 2.29. The molecule has 2 aliphatic heterocycles. The van der Waals surface area contributed by atoms with Gasteiger partial charge in [0.25, 0.3) is 5.91 Å². The van der Waals surface area contributed by atoms with Crippen LogP contribution in [0.15, 0.2) is 48.5 Å². The minimum Gasteiger partial charge on any atom is -0.336 e. The van der Waals surface area contributed by atoms with Gasteiger partial charge >= 0.3 is 0 Å². The van der Waals surface area contributed by atoms with Crippen LogP contribution in [-0.2, 0) is 19.5 Å². The van der Waals surface area contributed by atoms with Crippen molar-refractivity contribution in [2.75, 3.05) is 26.2 Å². The lowest BCUT2D eigenvalue weighted by atomic mass is 9.90. The Morgan fingerprint density at radius 3 is 2.69 bits per heavy atom. The first-order valence-corrected chi connectivity index (χ1v) is 11.3. The van der Waals surface area contributed by atoms with Crippen molar-refractivity contribution < 1.29 is 9.18 Å². The molecular formula is C25H28FN5O. The van der Waals surface area contributed by atoms with E-state index in [2.05, 4.69) is 31.8 Å². The summed E-state index contributed by atoms with van der Waals surface area (Å²) in [6, 6.07) is 14.9. The first-order valence-electron chi connectivity index (χ1n) is 11.3. The molecule has 3 heterocycles. The normalized spacial score (nSPS) is 19.1. The maximum atomic E-state index is 13.4. The van der Waals surface area contributed by atoms with Crippen molar-refractivity contribution in [3.05, 3.63) is 82.7 Å². The van der Waals surface area contributed by atoms with Crippen LogP contribution < -0.4 is 0 Å². The average Bonchev–Trinajstić information content (AvgIpc) is 3.19. The summed E-state index contributed by atoms with van der Waals surface area (Å²) in [6.45, 7) is 6.52. The highest BCUT2D eigenvalue weighted by atomic mass is 19.1. The van der Waals surface area contributed by atoms with Gasteiger partial charge in [0, 0.05) is 57.2 Å². The van der Waals surface area contributed by atoms with Crippen LogP contribution in [0.4, 0.5) is 4.39 Å².